The number of carbonyl (C=O) groups excluding carboxylic acids is 2. The van der Waals surface area contributed by atoms with Crippen LogP contribution in [0.1, 0.15) is 29.8 Å². The van der Waals surface area contributed by atoms with Crippen LogP contribution in [0.2, 0.25) is 0 Å². The van der Waals surface area contributed by atoms with Gasteiger partial charge in [-0.25, -0.2) is 0 Å². The lowest BCUT2D eigenvalue weighted by atomic mass is 10.1. The molecule has 2 heterocycles. The van der Waals surface area contributed by atoms with Crippen molar-refractivity contribution in [3.05, 3.63) is 42.1 Å². The molecule has 3 rings (SSSR count). The average molecular weight is 401 g/mol. The van der Waals surface area contributed by atoms with Crippen LogP contribution < -0.4 is 5.32 Å². The van der Waals surface area contributed by atoms with Crippen molar-refractivity contribution in [2.24, 2.45) is 0 Å². The molecule has 1 N–H and O–H groups in total. The number of amides is 2. The van der Waals surface area contributed by atoms with Crippen molar-refractivity contribution in [3.63, 3.8) is 0 Å². The maximum atomic E-state index is 13.0. The molecule has 8 nitrogen and oxygen atoms in total. The molecule has 1 unspecified atom stereocenters. The molecule has 1 atom stereocenters. The zero-order valence-electron chi connectivity index (χ0n) is 16.6. The number of benzene rings is 1. The van der Waals surface area contributed by atoms with Gasteiger partial charge in [-0.05, 0) is 12.8 Å². The van der Waals surface area contributed by atoms with Crippen LogP contribution in [0.4, 0.5) is 0 Å². The number of ether oxygens (including phenoxy) is 2. The fourth-order valence-corrected chi connectivity index (χ4v) is 3.20. The minimum atomic E-state index is -0.267. The Kier molecular flexibility index (Phi) is 7.77. The Balaban J connectivity index is 1.65. The summed E-state index contributed by atoms with van der Waals surface area (Å²) in [5.74, 6) is 0.136. The molecule has 1 aromatic heterocycles. The molecule has 8 heteroatoms. The number of rotatable bonds is 10. The third kappa shape index (κ3) is 6.13. The van der Waals surface area contributed by atoms with Crippen LogP contribution in [0, 0.1) is 0 Å². The summed E-state index contributed by atoms with van der Waals surface area (Å²) in [6, 6.07) is 11.1. The summed E-state index contributed by atoms with van der Waals surface area (Å²) in [6.07, 6.45) is 2.06. The van der Waals surface area contributed by atoms with E-state index >= 15 is 0 Å². The Hall–Kier alpha value is -2.71. The summed E-state index contributed by atoms with van der Waals surface area (Å²) in [4.78, 5) is 26.7. The smallest absolute Gasteiger partial charge is 0.276 e. The van der Waals surface area contributed by atoms with Crippen LogP contribution >= 0.6 is 0 Å². The summed E-state index contributed by atoms with van der Waals surface area (Å²) in [7, 11) is 1.58. The van der Waals surface area contributed by atoms with Crippen LogP contribution in [0.25, 0.3) is 11.3 Å². The van der Waals surface area contributed by atoms with Crippen LogP contribution in [-0.2, 0) is 14.3 Å². The van der Waals surface area contributed by atoms with Gasteiger partial charge in [0.15, 0.2) is 11.5 Å². The van der Waals surface area contributed by atoms with Crippen LogP contribution in [-0.4, -0.2) is 67.9 Å². The van der Waals surface area contributed by atoms with Gasteiger partial charge in [-0.15, -0.1) is 0 Å². The monoisotopic (exact) mass is 401 g/mol. The lowest BCUT2D eigenvalue weighted by molar-refractivity contribution is -0.121. The van der Waals surface area contributed by atoms with Gasteiger partial charge in [-0.3, -0.25) is 9.59 Å². The van der Waals surface area contributed by atoms with Gasteiger partial charge in [-0.1, -0.05) is 35.5 Å². The van der Waals surface area contributed by atoms with E-state index in [-0.39, 0.29) is 36.6 Å². The van der Waals surface area contributed by atoms with E-state index in [0.29, 0.717) is 32.1 Å². The van der Waals surface area contributed by atoms with Crippen molar-refractivity contribution in [2.75, 3.05) is 40.0 Å². The Morgan fingerprint density at radius 1 is 1.31 bits per heavy atom. The summed E-state index contributed by atoms with van der Waals surface area (Å²) in [6.45, 7) is 2.30. The highest BCUT2D eigenvalue weighted by Crippen LogP contribution is 2.21. The van der Waals surface area contributed by atoms with E-state index in [0.717, 1.165) is 18.4 Å². The number of carbonyl (C=O) groups is 2. The number of hydrogen-bond acceptors (Lipinski definition) is 6. The minimum Gasteiger partial charge on any atom is -0.383 e. The molecular formula is C21H27N3O5. The highest BCUT2D eigenvalue weighted by molar-refractivity contribution is 5.93. The standard InChI is InChI=1S/C21H27N3O5/c1-27-13-10-22-20(25)9-11-24(15-17-8-5-12-28-17)21(26)18-14-19(29-23-18)16-6-3-2-4-7-16/h2-4,6-7,14,17H,5,8-13,15H2,1H3,(H,22,25). The average Bonchev–Trinajstić information content (AvgIpc) is 3.43. The second-order valence-corrected chi connectivity index (χ2v) is 6.92. The molecule has 1 aliphatic heterocycles. The van der Waals surface area contributed by atoms with E-state index in [2.05, 4.69) is 10.5 Å². The number of nitrogens with one attached hydrogen (secondary N) is 1. The van der Waals surface area contributed by atoms with Crippen LogP contribution in [0.5, 0.6) is 0 Å². The van der Waals surface area contributed by atoms with E-state index < -0.39 is 0 Å². The van der Waals surface area contributed by atoms with E-state index in [4.69, 9.17) is 14.0 Å². The van der Waals surface area contributed by atoms with E-state index in [1.807, 2.05) is 30.3 Å². The van der Waals surface area contributed by atoms with Gasteiger partial charge in [0.25, 0.3) is 5.91 Å². The first-order valence-corrected chi connectivity index (χ1v) is 9.86. The molecular weight excluding hydrogens is 374 g/mol. The fourth-order valence-electron chi connectivity index (χ4n) is 3.20. The Labute approximate surface area is 170 Å². The number of nitrogens with zero attached hydrogens (tertiary/aromatic N) is 2. The van der Waals surface area contributed by atoms with Crippen LogP contribution in [0.3, 0.4) is 0 Å². The van der Waals surface area contributed by atoms with Crippen molar-refractivity contribution >= 4 is 11.8 Å². The highest BCUT2D eigenvalue weighted by Gasteiger charge is 2.26. The molecule has 0 aliphatic carbocycles. The van der Waals surface area contributed by atoms with Gasteiger partial charge >= 0.3 is 0 Å². The Bertz CT molecular complexity index is 787. The molecule has 1 saturated heterocycles. The first kappa shape index (κ1) is 21.0. The summed E-state index contributed by atoms with van der Waals surface area (Å²) in [5.41, 5.74) is 1.07. The second-order valence-electron chi connectivity index (χ2n) is 6.92. The first-order valence-electron chi connectivity index (χ1n) is 9.86. The Morgan fingerprint density at radius 2 is 2.14 bits per heavy atom. The minimum absolute atomic E-state index is 0.0176. The van der Waals surface area contributed by atoms with Crippen molar-refractivity contribution in [1.29, 1.82) is 0 Å². The normalized spacial score (nSPS) is 16.0. The summed E-state index contributed by atoms with van der Waals surface area (Å²) < 4.78 is 16.0. The Morgan fingerprint density at radius 3 is 2.86 bits per heavy atom. The van der Waals surface area contributed by atoms with Crippen molar-refractivity contribution in [1.82, 2.24) is 15.4 Å². The molecule has 2 aromatic rings. The van der Waals surface area contributed by atoms with Gasteiger partial charge in [-0.2, -0.15) is 0 Å². The summed E-state index contributed by atoms with van der Waals surface area (Å²) >= 11 is 0. The molecule has 0 spiro atoms. The van der Waals surface area contributed by atoms with Gasteiger partial charge in [0.1, 0.15) is 0 Å². The topological polar surface area (TPSA) is 93.9 Å². The van der Waals surface area contributed by atoms with Gasteiger partial charge in [0.2, 0.25) is 5.91 Å². The first-order chi connectivity index (χ1) is 14.2. The van der Waals surface area contributed by atoms with Crippen LogP contribution in [0.15, 0.2) is 40.9 Å². The van der Waals surface area contributed by atoms with Gasteiger partial charge in [0, 0.05) is 51.4 Å². The molecule has 1 aliphatic rings. The number of methoxy groups -OCH3 is 1. The van der Waals surface area contributed by atoms with Crippen molar-refractivity contribution in [2.45, 2.75) is 25.4 Å². The SMILES string of the molecule is COCCNC(=O)CCN(CC1CCCO1)C(=O)c1cc(-c2ccccc2)on1. The molecule has 29 heavy (non-hydrogen) atoms. The highest BCUT2D eigenvalue weighted by atomic mass is 16.5. The maximum absolute atomic E-state index is 13.0. The van der Waals surface area contributed by atoms with E-state index in [1.54, 1.807) is 18.1 Å². The lowest BCUT2D eigenvalue weighted by Crippen LogP contribution is -2.40. The zero-order chi connectivity index (χ0) is 20.5. The molecule has 156 valence electrons. The van der Waals surface area contributed by atoms with Gasteiger partial charge < -0.3 is 24.2 Å². The molecule has 1 fully saturated rings. The molecule has 1 aromatic carbocycles. The number of aromatic nitrogens is 1. The lowest BCUT2D eigenvalue weighted by Gasteiger charge is -2.24. The fraction of sp³-hybridized carbons (Fsp3) is 0.476. The predicted molar refractivity (Wildman–Crippen MR) is 106 cm³/mol. The molecule has 0 radical (unpaired) electrons. The maximum Gasteiger partial charge on any atom is 0.276 e. The molecule has 0 saturated carbocycles. The molecule has 0 bridgehead atoms. The van der Waals surface area contributed by atoms with Crippen molar-refractivity contribution < 1.29 is 23.6 Å². The third-order valence-corrected chi connectivity index (χ3v) is 4.76. The van der Waals surface area contributed by atoms with Crippen molar-refractivity contribution in [3.8, 4) is 11.3 Å². The summed E-state index contributed by atoms with van der Waals surface area (Å²) in [5, 5.41) is 6.72. The largest absolute Gasteiger partial charge is 0.383 e. The zero-order valence-corrected chi connectivity index (χ0v) is 16.6. The quantitative estimate of drug-likeness (QED) is 0.613. The second kappa shape index (κ2) is 10.7. The van der Waals surface area contributed by atoms with E-state index in [1.165, 1.54) is 0 Å². The number of hydrogen-bond donors (Lipinski definition) is 1. The third-order valence-electron chi connectivity index (χ3n) is 4.76. The van der Waals surface area contributed by atoms with Gasteiger partial charge in [0.05, 0.1) is 12.7 Å². The predicted octanol–water partition coefficient (Wildman–Crippen LogP) is 2.12. The van der Waals surface area contributed by atoms with E-state index in [9.17, 15) is 9.59 Å². The molecule has 2 amide bonds.